The Morgan fingerprint density at radius 3 is 2.74 bits per heavy atom. The van der Waals surface area contributed by atoms with Gasteiger partial charge in [0.15, 0.2) is 0 Å². The van der Waals surface area contributed by atoms with Gasteiger partial charge in [0.05, 0.1) is 0 Å². The number of ether oxygens (including phenoxy) is 1. The second-order valence-electron chi connectivity index (χ2n) is 6.11. The van der Waals surface area contributed by atoms with Gasteiger partial charge in [0, 0.05) is 6.04 Å². The molecule has 1 fully saturated rings. The van der Waals surface area contributed by atoms with Crippen LogP contribution < -0.4 is 10.1 Å². The maximum atomic E-state index is 5.93. The van der Waals surface area contributed by atoms with E-state index in [1.165, 1.54) is 30.4 Å². The topological polar surface area (TPSA) is 21.3 Å². The Bertz CT molecular complexity index is 648. The highest BCUT2D eigenvalue weighted by Gasteiger charge is 2.19. The molecule has 120 valence electrons. The predicted octanol–water partition coefficient (Wildman–Crippen LogP) is 5.41. The van der Waals surface area contributed by atoms with E-state index >= 15 is 0 Å². The van der Waals surface area contributed by atoms with Crippen molar-refractivity contribution in [3.8, 4) is 11.5 Å². The molecule has 1 N–H and O–H groups in total. The van der Waals surface area contributed by atoms with Crippen LogP contribution >= 0.6 is 0 Å². The Hall–Kier alpha value is -2.06. The van der Waals surface area contributed by atoms with Gasteiger partial charge < -0.3 is 10.1 Å². The minimum atomic E-state index is 0.550. The summed E-state index contributed by atoms with van der Waals surface area (Å²) >= 11 is 0. The lowest BCUT2D eigenvalue weighted by atomic mass is 10.00. The second kappa shape index (κ2) is 7.98. The lowest BCUT2D eigenvalue weighted by Gasteiger charge is -2.12. The lowest BCUT2D eigenvalue weighted by Crippen LogP contribution is -2.22. The summed E-state index contributed by atoms with van der Waals surface area (Å²) in [5.41, 5.74) is 2.74. The van der Waals surface area contributed by atoms with Gasteiger partial charge in [-0.1, -0.05) is 61.7 Å². The van der Waals surface area contributed by atoms with Crippen LogP contribution in [-0.2, 0) is 0 Å². The van der Waals surface area contributed by atoms with E-state index in [0.717, 1.165) is 24.5 Å². The standard InChI is InChI=1S/C21H25NO/c1-2-3-12-21-18(13-14-22-21)15-17-8-7-11-20(16-17)23-19-9-5-4-6-10-19/h4-11,15-16,21-22H,2-3,12-14H2,1H3. The molecule has 0 bridgehead atoms. The van der Waals surface area contributed by atoms with Gasteiger partial charge in [-0.05, 0) is 49.2 Å². The molecule has 1 aliphatic rings. The molecule has 0 aliphatic carbocycles. The summed E-state index contributed by atoms with van der Waals surface area (Å²) in [4.78, 5) is 0. The normalized spacial score (nSPS) is 19.2. The van der Waals surface area contributed by atoms with E-state index in [0.29, 0.717) is 6.04 Å². The quantitative estimate of drug-likeness (QED) is 0.770. The Morgan fingerprint density at radius 2 is 1.91 bits per heavy atom. The van der Waals surface area contributed by atoms with Gasteiger partial charge in [-0.25, -0.2) is 0 Å². The average Bonchev–Trinajstić information content (AvgIpc) is 3.01. The molecule has 0 saturated carbocycles. The van der Waals surface area contributed by atoms with E-state index in [1.807, 2.05) is 36.4 Å². The van der Waals surface area contributed by atoms with Crippen molar-refractivity contribution >= 4 is 6.08 Å². The first-order valence-corrected chi connectivity index (χ1v) is 8.62. The number of hydrogen-bond donors (Lipinski definition) is 1. The fourth-order valence-corrected chi connectivity index (χ4v) is 3.07. The first-order valence-electron chi connectivity index (χ1n) is 8.62. The van der Waals surface area contributed by atoms with Crippen molar-refractivity contribution in [1.29, 1.82) is 0 Å². The Labute approximate surface area is 139 Å². The van der Waals surface area contributed by atoms with Crippen molar-refractivity contribution in [1.82, 2.24) is 5.32 Å². The summed E-state index contributed by atoms with van der Waals surface area (Å²) in [5.74, 6) is 1.77. The molecule has 1 heterocycles. The number of nitrogens with one attached hydrogen (secondary N) is 1. The van der Waals surface area contributed by atoms with Crippen LogP contribution in [0.5, 0.6) is 11.5 Å². The molecule has 2 aromatic carbocycles. The highest BCUT2D eigenvalue weighted by Crippen LogP contribution is 2.26. The SMILES string of the molecule is CCCCC1NCCC1=Cc1cccc(Oc2ccccc2)c1. The molecule has 1 aliphatic heterocycles. The van der Waals surface area contributed by atoms with E-state index in [9.17, 15) is 0 Å². The molecule has 3 rings (SSSR count). The van der Waals surface area contributed by atoms with Crippen LogP contribution in [0.1, 0.15) is 38.2 Å². The molecule has 0 amide bonds. The second-order valence-corrected chi connectivity index (χ2v) is 6.11. The Morgan fingerprint density at radius 1 is 1.09 bits per heavy atom. The molecule has 2 heteroatoms. The van der Waals surface area contributed by atoms with Gasteiger partial charge >= 0.3 is 0 Å². The van der Waals surface area contributed by atoms with Crippen molar-refractivity contribution in [2.75, 3.05) is 6.54 Å². The van der Waals surface area contributed by atoms with Gasteiger partial charge in [-0.2, -0.15) is 0 Å². The fraction of sp³-hybridized carbons (Fsp3) is 0.333. The van der Waals surface area contributed by atoms with E-state index in [-0.39, 0.29) is 0 Å². The van der Waals surface area contributed by atoms with E-state index in [2.05, 4.69) is 36.5 Å². The first kappa shape index (κ1) is 15.8. The van der Waals surface area contributed by atoms with Crippen LogP contribution in [0.3, 0.4) is 0 Å². The maximum absolute atomic E-state index is 5.93. The third-order valence-electron chi connectivity index (χ3n) is 4.29. The van der Waals surface area contributed by atoms with Gasteiger partial charge in [-0.15, -0.1) is 0 Å². The van der Waals surface area contributed by atoms with Crippen LogP contribution in [0.4, 0.5) is 0 Å². The smallest absolute Gasteiger partial charge is 0.128 e. The number of benzene rings is 2. The third kappa shape index (κ3) is 4.46. The van der Waals surface area contributed by atoms with Gasteiger partial charge in [0.2, 0.25) is 0 Å². The van der Waals surface area contributed by atoms with Crippen LogP contribution in [0.2, 0.25) is 0 Å². The molecular weight excluding hydrogens is 282 g/mol. The van der Waals surface area contributed by atoms with Crippen LogP contribution in [0.25, 0.3) is 6.08 Å². The van der Waals surface area contributed by atoms with E-state index in [4.69, 9.17) is 4.74 Å². The van der Waals surface area contributed by atoms with Crippen LogP contribution in [-0.4, -0.2) is 12.6 Å². The highest BCUT2D eigenvalue weighted by atomic mass is 16.5. The number of unbranched alkanes of at least 4 members (excludes halogenated alkanes) is 1. The summed E-state index contributed by atoms with van der Waals surface area (Å²) in [6, 6.07) is 18.8. The number of rotatable bonds is 6. The molecule has 1 saturated heterocycles. The molecule has 1 unspecified atom stereocenters. The lowest BCUT2D eigenvalue weighted by molar-refractivity contribution is 0.482. The van der Waals surface area contributed by atoms with Crippen LogP contribution in [0, 0.1) is 0 Å². The summed E-state index contributed by atoms with van der Waals surface area (Å²) < 4.78 is 5.93. The zero-order valence-electron chi connectivity index (χ0n) is 13.8. The predicted molar refractivity (Wildman–Crippen MR) is 96.9 cm³/mol. The summed E-state index contributed by atoms with van der Waals surface area (Å²) in [6.07, 6.45) is 7.26. The minimum absolute atomic E-state index is 0.550. The first-order chi connectivity index (χ1) is 11.3. The molecule has 0 aromatic heterocycles. The molecular formula is C21H25NO. The molecule has 0 radical (unpaired) electrons. The monoisotopic (exact) mass is 307 g/mol. The van der Waals surface area contributed by atoms with Crippen molar-refractivity contribution in [2.24, 2.45) is 0 Å². The molecule has 1 atom stereocenters. The van der Waals surface area contributed by atoms with Gasteiger partial charge in [0.1, 0.15) is 11.5 Å². The molecule has 2 nitrogen and oxygen atoms in total. The largest absolute Gasteiger partial charge is 0.457 e. The number of hydrogen-bond acceptors (Lipinski definition) is 2. The fourth-order valence-electron chi connectivity index (χ4n) is 3.07. The van der Waals surface area contributed by atoms with Crippen molar-refractivity contribution in [3.63, 3.8) is 0 Å². The summed E-state index contributed by atoms with van der Waals surface area (Å²) in [6.45, 7) is 3.35. The average molecular weight is 307 g/mol. The molecule has 0 spiro atoms. The Balaban J connectivity index is 1.73. The Kier molecular flexibility index (Phi) is 5.49. The van der Waals surface area contributed by atoms with Crippen molar-refractivity contribution in [3.05, 3.63) is 65.7 Å². The summed E-state index contributed by atoms with van der Waals surface area (Å²) in [5, 5.41) is 3.62. The van der Waals surface area contributed by atoms with Gasteiger partial charge in [-0.3, -0.25) is 0 Å². The summed E-state index contributed by atoms with van der Waals surface area (Å²) in [7, 11) is 0. The van der Waals surface area contributed by atoms with Crippen molar-refractivity contribution in [2.45, 2.75) is 38.6 Å². The highest BCUT2D eigenvalue weighted by molar-refractivity contribution is 5.57. The van der Waals surface area contributed by atoms with Crippen LogP contribution in [0.15, 0.2) is 60.2 Å². The molecule has 23 heavy (non-hydrogen) atoms. The van der Waals surface area contributed by atoms with Crippen molar-refractivity contribution < 1.29 is 4.74 Å². The zero-order valence-corrected chi connectivity index (χ0v) is 13.8. The molecule has 2 aromatic rings. The minimum Gasteiger partial charge on any atom is -0.457 e. The van der Waals surface area contributed by atoms with E-state index < -0.39 is 0 Å². The maximum Gasteiger partial charge on any atom is 0.128 e. The number of para-hydroxylation sites is 1. The van der Waals surface area contributed by atoms with Gasteiger partial charge in [0.25, 0.3) is 0 Å². The third-order valence-corrected chi connectivity index (χ3v) is 4.29. The zero-order chi connectivity index (χ0) is 15.9. The van der Waals surface area contributed by atoms with E-state index in [1.54, 1.807) is 0 Å².